The highest BCUT2D eigenvalue weighted by molar-refractivity contribution is 5.82. The van der Waals surface area contributed by atoms with Crippen molar-refractivity contribution in [3.8, 4) is 27.9 Å². The average Bonchev–Trinajstić information content (AvgIpc) is 3.52. The number of nitrogens with zero attached hydrogens (tertiary/aromatic N) is 2. The summed E-state index contributed by atoms with van der Waals surface area (Å²) in [6.45, 7) is 6.85. The molecule has 2 aliphatic rings. The Bertz CT molecular complexity index is 1520. The molecule has 2 aliphatic carbocycles. The van der Waals surface area contributed by atoms with E-state index in [1.807, 2.05) is 0 Å². The van der Waals surface area contributed by atoms with Gasteiger partial charge in [0.1, 0.15) is 5.69 Å². The maximum Gasteiger partial charge on any atom is 0.195 e. The summed E-state index contributed by atoms with van der Waals surface area (Å²) in [6, 6.07) is 32.9. The quantitative estimate of drug-likeness (QED) is 0.232. The smallest absolute Gasteiger partial charge is 0.128 e. The van der Waals surface area contributed by atoms with E-state index < -0.39 is 0 Å². The van der Waals surface area contributed by atoms with Crippen LogP contribution in [-0.4, -0.2) is 4.68 Å². The summed E-state index contributed by atoms with van der Waals surface area (Å²) >= 11 is 0. The fraction of sp³-hybridized carbons (Fsp3) is 0.182. The van der Waals surface area contributed by atoms with Gasteiger partial charge in [0.2, 0.25) is 0 Å². The Hall–Kier alpha value is -3.91. The topological polar surface area (TPSA) is 8.81 Å². The van der Waals surface area contributed by atoms with Crippen molar-refractivity contribution >= 4 is 0 Å². The largest absolute Gasteiger partial charge is 0.195 e. The van der Waals surface area contributed by atoms with Gasteiger partial charge in [-0.3, -0.25) is 0 Å². The predicted molar refractivity (Wildman–Crippen MR) is 144 cm³/mol. The first-order chi connectivity index (χ1) is 16.9. The molecule has 5 aromatic rings. The van der Waals surface area contributed by atoms with Crippen molar-refractivity contribution in [1.82, 2.24) is 4.68 Å². The van der Waals surface area contributed by atoms with E-state index in [1.54, 1.807) is 0 Å². The minimum absolute atomic E-state index is 0.0557. The van der Waals surface area contributed by atoms with Crippen LogP contribution in [0.4, 0.5) is 0 Å². The van der Waals surface area contributed by atoms with Crippen LogP contribution >= 0.6 is 0 Å². The molecule has 0 atom stereocenters. The molecule has 0 fully saturated rings. The van der Waals surface area contributed by atoms with Gasteiger partial charge in [-0.1, -0.05) is 86.6 Å². The zero-order valence-electron chi connectivity index (χ0n) is 20.9. The van der Waals surface area contributed by atoms with Crippen molar-refractivity contribution < 1.29 is 4.68 Å². The standard InChI is InChI=1S/C20H21N2.C13H10/c1-14-12-16-15-8-5-6-9-17(15)20(2,3)18(16)13-19(14)22-11-7-10-21(22)4;1-3-7-12-10(5-1)9-11-6-2-4-8-13(11)12/h5-13H,1-4H3;1-8H,9H2/q+1;. The van der Waals surface area contributed by atoms with Crippen LogP contribution in [0.5, 0.6) is 0 Å². The van der Waals surface area contributed by atoms with Crippen LogP contribution in [0.2, 0.25) is 0 Å². The van der Waals surface area contributed by atoms with Gasteiger partial charge >= 0.3 is 0 Å². The molecule has 0 unspecified atom stereocenters. The van der Waals surface area contributed by atoms with E-state index in [-0.39, 0.29) is 5.41 Å². The third-order valence-corrected chi connectivity index (χ3v) is 7.72. The number of aromatic nitrogens is 2. The van der Waals surface area contributed by atoms with Gasteiger partial charge in [-0.25, -0.2) is 0 Å². The highest BCUT2D eigenvalue weighted by atomic mass is 15.4. The van der Waals surface area contributed by atoms with Crippen LogP contribution in [0.25, 0.3) is 27.9 Å². The van der Waals surface area contributed by atoms with Crippen LogP contribution in [0.3, 0.4) is 0 Å². The van der Waals surface area contributed by atoms with Crippen molar-refractivity contribution in [1.29, 1.82) is 0 Å². The summed E-state index contributed by atoms with van der Waals surface area (Å²) < 4.78 is 4.32. The summed E-state index contributed by atoms with van der Waals surface area (Å²) in [6.07, 6.45) is 5.29. The minimum atomic E-state index is 0.0557. The van der Waals surface area contributed by atoms with Crippen LogP contribution in [0, 0.1) is 6.92 Å². The fourth-order valence-electron chi connectivity index (χ4n) is 5.84. The average molecular weight is 456 g/mol. The molecule has 4 aromatic carbocycles. The summed E-state index contributed by atoms with van der Waals surface area (Å²) in [5, 5.41) is 0. The highest BCUT2D eigenvalue weighted by Crippen LogP contribution is 2.49. The number of hydrogen-bond acceptors (Lipinski definition) is 0. The van der Waals surface area contributed by atoms with E-state index in [0.29, 0.717) is 0 Å². The Kier molecular flexibility index (Phi) is 5.00. The lowest BCUT2D eigenvalue weighted by atomic mass is 9.82. The maximum absolute atomic E-state index is 2.37. The van der Waals surface area contributed by atoms with Crippen LogP contribution in [-0.2, 0) is 18.9 Å². The SMILES string of the molecule is Cc1cc2c(cc1-n1ccc[n+]1C)C(C)(C)c1ccccc1-2.c1ccc2c(c1)Cc1ccccc1-2. The normalized spacial score (nSPS) is 13.8. The van der Waals surface area contributed by atoms with Gasteiger partial charge < -0.3 is 0 Å². The molecule has 35 heavy (non-hydrogen) atoms. The Morgan fingerprint density at radius 3 is 1.91 bits per heavy atom. The van der Waals surface area contributed by atoms with Crippen molar-refractivity contribution in [3.05, 3.63) is 131 Å². The zero-order valence-corrected chi connectivity index (χ0v) is 20.9. The molecule has 0 aliphatic heterocycles. The first-order valence-electron chi connectivity index (χ1n) is 12.4. The molecular formula is C33H31N2+. The second kappa shape index (κ2) is 8.09. The number of rotatable bonds is 1. The molecule has 0 radical (unpaired) electrons. The molecular weight excluding hydrogens is 424 g/mol. The van der Waals surface area contributed by atoms with E-state index in [2.05, 4.69) is 141 Å². The van der Waals surface area contributed by atoms with Gasteiger partial charge in [-0.15, -0.1) is 9.36 Å². The van der Waals surface area contributed by atoms with Crippen molar-refractivity contribution in [2.45, 2.75) is 32.6 Å². The molecule has 1 aromatic heterocycles. The summed E-state index contributed by atoms with van der Waals surface area (Å²) in [5.41, 5.74) is 14.0. The Balaban J connectivity index is 0.000000149. The number of hydrogen-bond donors (Lipinski definition) is 0. The molecule has 172 valence electrons. The summed E-state index contributed by atoms with van der Waals surface area (Å²) in [4.78, 5) is 0. The van der Waals surface area contributed by atoms with Crippen molar-refractivity contribution in [3.63, 3.8) is 0 Å². The van der Waals surface area contributed by atoms with Crippen LogP contribution in [0.1, 0.15) is 41.7 Å². The van der Waals surface area contributed by atoms with Gasteiger partial charge in [0, 0.05) is 11.5 Å². The second-order valence-electron chi connectivity index (χ2n) is 10.3. The Labute approximate surface area is 208 Å². The van der Waals surface area contributed by atoms with Crippen LogP contribution in [0.15, 0.2) is 103 Å². The molecule has 7 rings (SSSR count). The lowest BCUT2D eigenvalue weighted by molar-refractivity contribution is -0.744. The lowest BCUT2D eigenvalue weighted by Crippen LogP contribution is -2.37. The lowest BCUT2D eigenvalue weighted by Gasteiger charge is -2.22. The van der Waals surface area contributed by atoms with Gasteiger partial charge in [0.25, 0.3) is 0 Å². The molecule has 2 heteroatoms. The first-order valence-corrected chi connectivity index (χ1v) is 12.4. The minimum Gasteiger partial charge on any atom is -0.128 e. The van der Waals surface area contributed by atoms with E-state index in [9.17, 15) is 0 Å². The Morgan fingerprint density at radius 1 is 0.686 bits per heavy atom. The van der Waals surface area contributed by atoms with Crippen LogP contribution < -0.4 is 4.68 Å². The zero-order chi connectivity index (χ0) is 24.2. The second-order valence-corrected chi connectivity index (χ2v) is 10.3. The highest BCUT2D eigenvalue weighted by Gasteiger charge is 2.36. The van der Waals surface area contributed by atoms with E-state index in [4.69, 9.17) is 0 Å². The number of fused-ring (bicyclic) bond motifs is 6. The van der Waals surface area contributed by atoms with Gasteiger partial charge in [-0.2, -0.15) is 0 Å². The molecule has 0 saturated carbocycles. The number of benzene rings is 4. The molecule has 0 amide bonds. The van der Waals surface area contributed by atoms with Crippen molar-refractivity contribution in [2.24, 2.45) is 7.05 Å². The van der Waals surface area contributed by atoms with E-state index in [0.717, 1.165) is 6.42 Å². The third kappa shape index (κ3) is 3.44. The molecule has 0 saturated heterocycles. The van der Waals surface area contributed by atoms with E-state index in [1.165, 1.54) is 55.8 Å². The van der Waals surface area contributed by atoms with E-state index >= 15 is 0 Å². The fourth-order valence-corrected chi connectivity index (χ4v) is 5.84. The van der Waals surface area contributed by atoms with Gasteiger partial charge in [-0.05, 0) is 75.5 Å². The molecule has 0 bridgehead atoms. The third-order valence-electron chi connectivity index (χ3n) is 7.72. The molecule has 2 nitrogen and oxygen atoms in total. The summed E-state index contributed by atoms with van der Waals surface area (Å²) in [5.74, 6) is 0. The van der Waals surface area contributed by atoms with Gasteiger partial charge in [0.15, 0.2) is 13.2 Å². The number of aryl methyl sites for hydroxylation is 2. The monoisotopic (exact) mass is 455 g/mol. The molecule has 0 N–H and O–H groups in total. The van der Waals surface area contributed by atoms with Crippen molar-refractivity contribution in [2.75, 3.05) is 0 Å². The van der Waals surface area contributed by atoms with Gasteiger partial charge in [0.05, 0.1) is 6.20 Å². The molecule has 1 heterocycles. The Morgan fingerprint density at radius 2 is 1.29 bits per heavy atom. The summed E-state index contributed by atoms with van der Waals surface area (Å²) in [7, 11) is 2.08. The predicted octanol–water partition coefficient (Wildman–Crippen LogP) is 7.17. The molecule has 0 spiro atoms. The first kappa shape index (κ1) is 21.6. The maximum atomic E-state index is 2.37.